The van der Waals surface area contributed by atoms with Gasteiger partial charge in [-0.2, -0.15) is 0 Å². The molecule has 1 N–H and O–H groups in total. The topological polar surface area (TPSA) is 68.6 Å². The molecule has 0 radical (unpaired) electrons. The van der Waals surface area contributed by atoms with Gasteiger partial charge < -0.3 is 9.47 Å². The van der Waals surface area contributed by atoms with Crippen LogP contribution in [0.4, 0.5) is 8.78 Å². The highest BCUT2D eigenvalue weighted by Gasteiger charge is 2.17. The summed E-state index contributed by atoms with van der Waals surface area (Å²) in [5, 5.41) is 2.76. The van der Waals surface area contributed by atoms with Crippen LogP contribution >= 0.6 is 0 Å². The molecule has 2 aromatic carbocycles. The predicted octanol–water partition coefficient (Wildman–Crippen LogP) is 3.41. The van der Waals surface area contributed by atoms with E-state index in [1.807, 2.05) is 0 Å². The van der Waals surface area contributed by atoms with Crippen LogP contribution < -0.4 is 15.0 Å². The van der Waals surface area contributed by atoms with Crippen molar-refractivity contribution in [3.8, 4) is 33.9 Å². The molecule has 0 fully saturated rings. The van der Waals surface area contributed by atoms with Crippen LogP contribution in [-0.2, 0) is 0 Å². The molecule has 28 heavy (non-hydrogen) atoms. The molecule has 0 saturated carbocycles. The summed E-state index contributed by atoms with van der Waals surface area (Å²) in [5.41, 5.74) is 1.45. The maximum absolute atomic E-state index is 14.3. The van der Waals surface area contributed by atoms with Crippen LogP contribution in [0.3, 0.4) is 0 Å². The van der Waals surface area contributed by atoms with Gasteiger partial charge in [0.1, 0.15) is 24.8 Å². The number of benzene rings is 2. The van der Waals surface area contributed by atoms with E-state index < -0.39 is 11.6 Å². The summed E-state index contributed by atoms with van der Waals surface area (Å²) in [4.78, 5) is 17.1. The van der Waals surface area contributed by atoms with Gasteiger partial charge in [-0.3, -0.25) is 9.89 Å². The Balaban J connectivity index is 1.69. The van der Waals surface area contributed by atoms with Crippen molar-refractivity contribution in [2.75, 3.05) is 13.2 Å². The third kappa shape index (κ3) is 2.61. The second kappa shape index (κ2) is 6.19. The fourth-order valence-corrected chi connectivity index (χ4v) is 3.24. The van der Waals surface area contributed by atoms with Crippen LogP contribution in [-0.4, -0.2) is 27.8 Å². The Kier molecular flexibility index (Phi) is 3.65. The van der Waals surface area contributed by atoms with Crippen molar-refractivity contribution in [2.45, 2.75) is 0 Å². The van der Waals surface area contributed by atoms with Crippen LogP contribution in [0.15, 0.2) is 53.5 Å². The molecule has 0 spiro atoms. The van der Waals surface area contributed by atoms with Crippen LogP contribution in [0.5, 0.6) is 11.5 Å². The van der Waals surface area contributed by atoms with Gasteiger partial charge in [-0.15, -0.1) is 0 Å². The fourth-order valence-electron chi connectivity index (χ4n) is 3.24. The Labute approximate surface area is 157 Å². The van der Waals surface area contributed by atoms with Crippen LogP contribution in [0.25, 0.3) is 28.0 Å². The smallest absolute Gasteiger partial charge is 0.273 e. The summed E-state index contributed by atoms with van der Waals surface area (Å²) in [6.45, 7) is 0.922. The van der Waals surface area contributed by atoms with Crippen molar-refractivity contribution in [1.82, 2.24) is 14.6 Å². The lowest BCUT2D eigenvalue weighted by atomic mass is 10.1. The molecule has 1 aliphatic heterocycles. The molecule has 3 heterocycles. The van der Waals surface area contributed by atoms with Crippen LogP contribution in [0.2, 0.25) is 0 Å². The van der Waals surface area contributed by atoms with E-state index in [1.165, 1.54) is 22.8 Å². The van der Waals surface area contributed by atoms with Gasteiger partial charge in [0.25, 0.3) is 5.56 Å². The first-order chi connectivity index (χ1) is 13.6. The number of halogens is 2. The van der Waals surface area contributed by atoms with Crippen molar-refractivity contribution >= 4 is 5.65 Å². The number of H-pyrrole nitrogens is 1. The first-order valence-electron chi connectivity index (χ1n) is 8.57. The predicted molar refractivity (Wildman–Crippen MR) is 97.6 cm³/mol. The fraction of sp³-hybridized carbons (Fsp3) is 0.100. The van der Waals surface area contributed by atoms with Gasteiger partial charge in [-0.1, -0.05) is 0 Å². The summed E-state index contributed by atoms with van der Waals surface area (Å²) in [6, 6.07) is 9.92. The van der Waals surface area contributed by atoms with E-state index in [9.17, 15) is 13.6 Å². The SMILES string of the molecule is O=c1cc(-c2ccc3c(c2)OCCO3)nc2c(-c3ccc(F)cc3F)c[nH]n12. The van der Waals surface area contributed by atoms with E-state index >= 15 is 0 Å². The third-order valence-corrected chi connectivity index (χ3v) is 4.56. The van der Waals surface area contributed by atoms with Crippen LogP contribution in [0.1, 0.15) is 0 Å². The van der Waals surface area contributed by atoms with Gasteiger partial charge in [0.2, 0.25) is 0 Å². The van der Waals surface area contributed by atoms with Gasteiger partial charge >= 0.3 is 0 Å². The lowest BCUT2D eigenvalue weighted by Crippen LogP contribution is -2.16. The monoisotopic (exact) mass is 381 g/mol. The Morgan fingerprint density at radius 1 is 0.964 bits per heavy atom. The van der Waals surface area contributed by atoms with Crippen molar-refractivity contribution in [2.24, 2.45) is 0 Å². The molecule has 8 heteroatoms. The quantitative estimate of drug-likeness (QED) is 0.578. The van der Waals surface area contributed by atoms with Crippen molar-refractivity contribution < 1.29 is 18.3 Å². The zero-order chi connectivity index (χ0) is 19.3. The first-order valence-corrected chi connectivity index (χ1v) is 8.57. The molecule has 6 nitrogen and oxygen atoms in total. The number of nitrogens with zero attached hydrogens (tertiary/aromatic N) is 2. The van der Waals surface area contributed by atoms with Gasteiger partial charge in [0, 0.05) is 35.0 Å². The molecule has 0 saturated heterocycles. The average Bonchev–Trinajstić information content (AvgIpc) is 3.12. The minimum atomic E-state index is -0.736. The average molecular weight is 381 g/mol. The highest BCUT2D eigenvalue weighted by molar-refractivity contribution is 5.79. The van der Waals surface area contributed by atoms with Crippen LogP contribution in [0, 0.1) is 11.6 Å². The second-order valence-electron chi connectivity index (χ2n) is 6.31. The summed E-state index contributed by atoms with van der Waals surface area (Å²) >= 11 is 0. The maximum Gasteiger partial charge on any atom is 0.273 e. The molecule has 0 amide bonds. The van der Waals surface area contributed by atoms with E-state index in [4.69, 9.17) is 9.47 Å². The number of ether oxygens (including phenoxy) is 2. The summed E-state index contributed by atoms with van der Waals surface area (Å²) in [7, 11) is 0. The van der Waals surface area contributed by atoms with Gasteiger partial charge in [-0.05, 0) is 30.3 Å². The molecule has 2 aromatic heterocycles. The molecule has 0 unspecified atom stereocenters. The van der Waals surface area contributed by atoms with E-state index in [1.54, 1.807) is 18.2 Å². The Morgan fingerprint density at radius 2 is 1.79 bits per heavy atom. The second-order valence-corrected chi connectivity index (χ2v) is 6.31. The molecule has 0 bridgehead atoms. The maximum atomic E-state index is 14.3. The number of hydrogen-bond acceptors (Lipinski definition) is 4. The summed E-state index contributed by atoms with van der Waals surface area (Å²) in [6.07, 6.45) is 1.47. The van der Waals surface area contributed by atoms with Crippen molar-refractivity contribution in [1.29, 1.82) is 0 Å². The van der Waals surface area contributed by atoms with Crippen molar-refractivity contribution in [3.05, 3.63) is 70.6 Å². The highest BCUT2D eigenvalue weighted by Crippen LogP contribution is 2.34. The molecule has 140 valence electrons. The van der Waals surface area contributed by atoms with E-state index in [2.05, 4.69) is 10.1 Å². The lowest BCUT2D eigenvalue weighted by Gasteiger charge is -2.18. The first kappa shape index (κ1) is 16.5. The summed E-state index contributed by atoms with van der Waals surface area (Å²) < 4.78 is 39.8. The van der Waals surface area contributed by atoms with E-state index in [0.717, 1.165) is 12.1 Å². The highest BCUT2D eigenvalue weighted by atomic mass is 19.1. The normalized spacial score (nSPS) is 13.1. The Bertz CT molecular complexity index is 1280. The number of rotatable bonds is 2. The van der Waals surface area contributed by atoms with Gasteiger partial charge in [-0.25, -0.2) is 18.3 Å². The largest absolute Gasteiger partial charge is 0.486 e. The third-order valence-electron chi connectivity index (χ3n) is 4.56. The van der Waals surface area contributed by atoms with E-state index in [-0.39, 0.29) is 16.8 Å². The van der Waals surface area contributed by atoms with E-state index in [0.29, 0.717) is 41.5 Å². The lowest BCUT2D eigenvalue weighted by molar-refractivity contribution is 0.171. The Hall–Kier alpha value is -3.68. The number of aromatic amines is 1. The van der Waals surface area contributed by atoms with Gasteiger partial charge in [0.05, 0.1) is 5.69 Å². The molecule has 1 aliphatic rings. The summed E-state index contributed by atoms with van der Waals surface area (Å²) in [5.74, 6) is -0.211. The Morgan fingerprint density at radius 3 is 2.61 bits per heavy atom. The minimum Gasteiger partial charge on any atom is -0.486 e. The molecular formula is C20H13F2N3O3. The molecule has 0 atom stereocenters. The minimum absolute atomic E-state index is 0.145. The number of nitrogens with one attached hydrogen (secondary N) is 1. The van der Waals surface area contributed by atoms with Crippen molar-refractivity contribution in [3.63, 3.8) is 0 Å². The number of hydrogen-bond donors (Lipinski definition) is 1. The zero-order valence-electron chi connectivity index (χ0n) is 14.4. The van der Waals surface area contributed by atoms with Gasteiger partial charge in [0.15, 0.2) is 17.1 Å². The standard InChI is InChI=1S/C20H13F2N3O3/c21-12-2-3-13(15(22)8-12)14-10-23-25-19(26)9-16(24-20(14)25)11-1-4-17-18(7-11)28-6-5-27-17/h1-4,7-10,23H,5-6H2. The molecular weight excluding hydrogens is 368 g/mol. The molecule has 5 rings (SSSR count). The molecule has 0 aliphatic carbocycles. The number of fused-ring (bicyclic) bond motifs is 2. The zero-order valence-corrected chi connectivity index (χ0v) is 14.4. The number of aromatic nitrogens is 3. The molecule has 4 aromatic rings.